The van der Waals surface area contributed by atoms with Gasteiger partial charge in [0.25, 0.3) is 0 Å². The van der Waals surface area contributed by atoms with Gasteiger partial charge in [-0.1, -0.05) is 15.9 Å². The number of carbonyl (C=O) groups is 1. The number of aromatic amines is 1. The van der Waals surface area contributed by atoms with Gasteiger partial charge in [-0.05, 0) is 19.9 Å². The predicted molar refractivity (Wildman–Crippen MR) is 65.5 cm³/mol. The van der Waals surface area contributed by atoms with Crippen LogP contribution in [0.4, 0.5) is 0 Å². The minimum absolute atomic E-state index is 0.220. The molecule has 1 saturated heterocycles. The summed E-state index contributed by atoms with van der Waals surface area (Å²) in [5, 5.41) is 7.12. The summed E-state index contributed by atoms with van der Waals surface area (Å²) in [6.07, 6.45) is 1.43. The normalized spacial score (nSPS) is 22.8. The Labute approximate surface area is 104 Å². The molecule has 1 fully saturated rings. The number of H-pyrrole nitrogens is 1. The van der Waals surface area contributed by atoms with Crippen LogP contribution < -0.4 is 0 Å². The van der Waals surface area contributed by atoms with Gasteiger partial charge in [0.15, 0.2) is 0 Å². The van der Waals surface area contributed by atoms with Crippen LogP contribution in [0.2, 0.25) is 0 Å². The first kappa shape index (κ1) is 11.6. The highest BCUT2D eigenvalue weighted by atomic mass is 79.9. The van der Waals surface area contributed by atoms with Crippen molar-refractivity contribution >= 4 is 21.8 Å². The maximum atomic E-state index is 11.7. The van der Waals surface area contributed by atoms with E-state index in [2.05, 4.69) is 33.1 Å². The molecular weight excluding hydrogens is 270 g/mol. The second-order valence-electron chi connectivity index (χ2n) is 4.44. The molecule has 0 aromatic carbocycles. The number of carbonyl (C=O) groups excluding carboxylic acids is 1. The highest BCUT2D eigenvalue weighted by Gasteiger charge is 2.31. The summed E-state index contributed by atoms with van der Waals surface area (Å²) in [6.45, 7) is 4.87. The van der Waals surface area contributed by atoms with Crippen molar-refractivity contribution in [2.45, 2.75) is 37.6 Å². The zero-order chi connectivity index (χ0) is 11.7. The standard InChI is InChI=1S/C11H16BrN3O/c1-7-3-10(14-13-7)4-8(2)15-6-9(12)5-11(15)16/h3,8-9H,4-6H2,1-2H3,(H,13,14). The summed E-state index contributed by atoms with van der Waals surface area (Å²) in [4.78, 5) is 13.9. The highest BCUT2D eigenvalue weighted by molar-refractivity contribution is 9.09. The fourth-order valence-corrected chi connectivity index (χ4v) is 2.69. The number of likely N-dealkylation sites (tertiary alicyclic amines) is 1. The summed E-state index contributed by atoms with van der Waals surface area (Å²) in [7, 11) is 0. The van der Waals surface area contributed by atoms with E-state index in [1.54, 1.807) is 0 Å². The highest BCUT2D eigenvalue weighted by Crippen LogP contribution is 2.21. The number of aromatic nitrogens is 2. The number of alkyl halides is 1. The fourth-order valence-electron chi connectivity index (χ4n) is 2.10. The second kappa shape index (κ2) is 4.57. The van der Waals surface area contributed by atoms with Crippen molar-refractivity contribution < 1.29 is 4.79 Å². The summed E-state index contributed by atoms with van der Waals surface area (Å²) in [5.74, 6) is 0.238. The number of nitrogens with zero attached hydrogens (tertiary/aromatic N) is 2. The molecule has 4 nitrogen and oxygen atoms in total. The number of rotatable bonds is 3. The van der Waals surface area contributed by atoms with Gasteiger partial charge in [0.05, 0.1) is 5.69 Å². The van der Waals surface area contributed by atoms with Crippen molar-refractivity contribution in [3.63, 3.8) is 0 Å². The van der Waals surface area contributed by atoms with E-state index >= 15 is 0 Å². The molecule has 88 valence electrons. The van der Waals surface area contributed by atoms with Gasteiger partial charge in [0, 0.05) is 35.9 Å². The Balaban J connectivity index is 1.98. The lowest BCUT2D eigenvalue weighted by Crippen LogP contribution is -2.36. The van der Waals surface area contributed by atoms with Crippen molar-refractivity contribution in [3.05, 3.63) is 17.5 Å². The number of nitrogens with one attached hydrogen (secondary N) is 1. The number of hydrogen-bond acceptors (Lipinski definition) is 2. The van der Waals surface area contributed by atoms with Crippen LogP contribution in [-0.4, -0.2) is 38.4 Å². The average molecular weight is 286 g/mol. The van der Waals surface area contributed by atoms with Crippen LogP contribution >= 0.6 is 15.9 Å². The van der Waals surface area contributed by atoms with Crippen molar-refractivity contribution in [2.75, 3.05) is 6.54 Å². The number of halogens is 1. The summed E-state index contributed by atoms with van der Waals surface area (Å²) >= 11 is 3.49. The van der Waals surface area contributed by atoms with Crippen LogP contribution in [0.15, 0.2) is 6.07 Å². The quantitative estimate of drug-likeness (QED) is 0.859. The van der Waals surface area contributed by atoms with Crippen LogP contribution in [0.25, 0.3) is 0 Å². The van der Waals surface area contributed by atoms with Gasteiger partial charge in [-0.2, -0.15) is 5.10 Å². The Bertz CT molecular complexity index is 390. The molecule has 0 saturated carbocycles. The van der Waals surface area contributed by atoms with Gasteiger partial charge in [0.1, 0.15) is 0 Å². The van der Waals surface area contributed by atoms with Gasteiger partial charge >= 0.3 is 0 Å². The third kappa shape index (κ3) is 2.45. The van der Waals surface area contributed by atoms with Crippen LogP contribution in [0, 0.1) is 6.92 Å². The van der Waals surface area contributed by atoms with Gasteiger partial charge in [0.2, 0.25) is 5.91 Å². The second-order valence-corrected chi connectivity index (χ2v) is 5.74. The largest absolute Gasteiger partial charge is 0.338 e. The Morgan fingerprint density at radius 2 is 2.50 bits per heavy atom. The van der Waals surface area contributed by atoms with Crippen LogP contribution in [0.5, 0.6) is 0 Å². The topological polar surface area (TPSA) is 49.0 Å². The predicted octanol–water partition coefficient (Wildman–Crippen LogP) is 1.64. The summed E-state index contributed by atoms with van der Waals surface area (Å²) < 4.78 is 0. The molecular formula is C11H16BrN3O. The maximum absolute atomic E-state index is 11.7. The summed E-state index contributed by atoms with van der Waals surface area (Å²) in [5.41, 5.74) is 2.09. The monoisotopic (exact) mass is 285 g/mol. The van der Waals surface area contributed by atoms with Gasteiger partial charge in [-0.15, -0.1) is 0 Å². The molecule has 1 N–H and O–H groups in total. The molecule has 16 heavy (non-hydrogen) atoms. The van der Waals surface area contributed by atoms with Gasteiger partial charge in [-0.3, -0.25) is 9.89 Å². The van der Waals surface area contributed by atoms with Gasteiger partial charge in [-0.25, -0.2) is 0 Å². The zero-order valence-electron chi connectivity index (χ0n) is 9.53. The molecule has 2 heterocycles. The lowest BCUT2D eigenvalue weighted by Gasteiger charge is -2.23. The molecule has 0 radical (unpaired) electrons. The average Bonchev–Trinajstić information content (AvgIpc) is 2.73. The van der Waals surface area contributed by atoms with E-state index in [-0.39, 0.29) is 11.9 Å². The molecule has 5 heteroatoms. The van der Waals surface area contributed by atoms with E-state index in [0.29, 0.717) is 11.2 Å². The molecule has 2 rings (SSSR count). The SMILES string of the molecule is Cc1cc(CC(C)N2CC(Br)CC2=O)n[nH]1. The minimum Gasteiger partial charge on any atom is -0.338 e. The first-order valence-electron chi connectivity index (χ1n) is 5.50. The molecule has 0 bridgehead atoms. The molecule has 1 aliphatic heterocycles. The molecule has 0 aliphatic carbocycles. The van der Waals surface area contributed by atoms with E-state index in [9.17, 15) is 4.79 Å². The molecule has 1 aromatic heterocycles. The molecule has 1 aromatic rings. The minimum atomic E-state index is 0.220. The Kier molecular flexibility index (Phi) is 3.33. The van der Waals surface area contributed by atoms with Crippen molar-refractivity contribution in [1.29, 1.82) is 0 Å². The zero-order valence-corrected chi connectivity index (χ0v) is 11.1. The first-order chi connectivity index (χ1) is 7.56. The number of amides is 1. The molecule has 2 atom stereocenters. The van der Waals surface area contributed by atoms with Crippen molar-refractivity contribution in [3.8, 4) is 0 Å². The van der Waals surface area contributed by atoms with Crippen LogP contribution in [0.3, 0.4) is 0 Å². The Hall–Kier alpha value is -0.840. The van der Waals surface area contributed by atoms with E-state index in [0.717, 1.165) is 24.4 Å². The lowest BCUT2D eigenvalue weighted by molar-refractivity contribution is -0.129. The molecule has 1 aliphatic rings. The van der Waals surface area contributed by atoms with E-state index < -0.39 is 0 Å². The van der Waals surface area contributed by atoms with Crippen LogP contribution in [-0.2, 0) is 11.2 Å². The van der Waals surface area contributed by atoms with Gasteiger partial charge < -0.3 is 4.90 Å². The van der Waals surface area contributed by atoms with E-state index in [1.165, 1.54) is 0 Å². The smallest absolute Gasteiger partial charge is 0.224 e. The van der Waals surface area contributed by atoms with E-state index in [1.807, 2.05) is 17.9 Å². The fraction of sp³-hybridized carbons (Fsp3) is 0.636. The number of aryl methyl sites for hydroxylation is 1. The summed E-state index contributed by atoms with van der Waals surface area (Å²) in [6, 6.07) is 2.25. The first-order valence-corrected chi connectivity index (χ1v) is 6.42. The van der Waals surface area contributed by atoms with Crippen molar-refractivity contribution in [2.24, 2.45) is 0 Å². The Morgan fingerprint density at radius 3 is 3.00 bits per heavy atom. The molecule has 2 unspecified atom stereocenters. The van der Waals surface area contributed by atoms with E-state index in [4.69, 9.17) is 0 Å². The van der Waals surface area contributed by atoms with Crippen LogP contribution in [0.1, 0.15) is 24.7 Å². The third-order valence-corrected chi connectivity index (χ3v) is 3.52. The Morgan fingerprint density at radius 1 is 1.75 bits per heavy atom. The van der Waals surface area contributed by atoms with Crippen molar-refractivity contribution in [1.82, 2.24) is 15.1 Å². The molecule has 1 amide bonds. The lowest BCUT2D eigenvalue weighted by atomic mass is 10.1. The third-order valence-electron chi connectivity index (χ3n) is 2.91. The number of hydrogen-bond donors (Lipinski definition) is 1. The maximum Gasteiger partial charge on any atom is 0.224 e. The molecule has 0 spiro atoms.